The van der Waals surface area contributed by atoms with Gasteiger partial charge in [0.15, 0.2) is 0 Å². The fourth-order valence-corrected chi connectivity index (χ4v) is 2.58. The summed E-state index contributed by atoms with van der Waals surface area (Å²) in [7, 11) is 0. The van der Waals surface area contributed by atoms with Crippen LogP contribution in [0.1, 0.15) is 6.42 Å². The van der Waals surface area contributed by atoms with Gasteiger partial charge in [0.2, 0.25) is 0 Å². The quantitative estimate of drug-likeness (QED) is 0.380. The second-order valence-corrected chi connectivity index (χ2v) is 3.80. The highest BCUT2D eigenvalue weighted by Gasteiger charge is 2.48. The van der Waals surface area contributed by atoms with Crippen molar-refractivity contribution in [3.63, 3.8) is 0 Å². The van der Waals surface area contributed by atoms with Crippen LogP contribution in [0.3, 0.4) is 0 Å². The van der Waals surface area contributed by atoms with Crippen LogP contribution in [0.4, 0.5) is 0 Å². The molecule has 50 valence electrons. The zero-order valence-corrected chi connectivity index (χ0v) is 6.44. The van der Waals surface area contributed by atoms with E-state index < -0.39 is 0 Å². The summed E-state index contributed by atoms with van der Waals surface area (Å²) >= 11 is 11.8. The van der Waals surface area contributed by atoms with Crippen molar-refractivity contribution in [3.8, 4) is 0 Å². The van der Waals surface area contributed by atoms with Crippen molar-refractivity contribution in [3.05, 3.63) is 12.2 Å². The first-order valence-corrected chi connectivity index (χ1v) is 4.13. The van der Waals surface area contributed by atoms with Gasteiger partial charge >= 0.3 is 0 Å². The maximum atomic E-state index is 5.93. The number of hydrogen-bond donors (Lipinski definition) is 0. The van der Waals surface area contributed by atoms with Gasteiger partial charge < -0.3 is 0 Å². The Morgan fingerprint density at radius 3 is 2.67 bits per heavy atom. The molecule has 1 saturated carbocycles. The van der Waals surface area contributed by atoms with Gasteiger partial charge in [-0.1, -0.05) is 12.2 Å². The van der Waals surface area contributed by atoms with Crippen LogP contribution in [0.15, 0.2) is 12.2 Å². The highest BCUT2D eigenvalue weighted by molar-refractivity contribution is 6.31. The molecule has 0 heterocycles. The molecule has 0 aliphatic heterocycles. The molecular weight excluding hydrogens is 155 g/mol. The molecule has 0 spiro atoms. The number of alkyl halides is 2. The Hall–Kier alpha value is 0.320. The van der Waals surface area contributed by atoms with Crippen molar-refractivity contribution in [2.75, 3.05) is 0 Å². The second-order valence-electron chi connectivity index (χ2n) is 2.79. The van der Waals surface area contributed by atoms with Gasteiger partial charge in [-0.25, -0.2) is 0 Å². The molecule has 9 heavy (non-hydrogen) atoms. The standard InChI is InChI=1S/C7H8Cl2/c8-6-4-2-1-3-5(4)7(6)9/h1-2,4-7H,3H2/t4-,5+,6+,7+/m1/s1. The Bertz CT molecular complexity index is 153. The summed E-state index contributed by atoms with van der Waals surface area (Å²) in [5, 5.41) is 0.432. The molecule has 0 radical (unpaired) electrons. The third-order valence-electron chi connectivity index (χ3n) is 2.34. The van der Waals surface area contributed by atoms with E-state index in [1.54, 1.807) is 0 Å². The zero-order valence-electron chi connectivity index (χ0n) is 4.93. The molecule has 0 N–H and O–H groups in total. The van der Waals surface area contributed by atoms with Crippen LogP contribution in [0, 0.1) is 11.8 Å². The molecule has 0 aromatic rings. The predicted octanol–water partition coefficient (Wildman–Crippen LogP) is 2.41. The Balaban J connectivity index is 2.12. The minimum Gasteiger partial charge on any atom is -0.121 e. The SMILES string of the molecule is Cl[C@@H]1[C@@H](Cl)[C@H]2CC=C[C@@H]12. The molecule has 2 heteroatoms. The van der Waals surface area contributed by atoms with Crippen molar-refractivity contribution in [1.82, 2.24) is 0 Å². The molecule has 2 aliphatic rings. The van der Waals surface area contributed by atoms with E-state index in [1.807, 2.05) is 0 Å². The third kappa shape index (κ3) is 0.667. The molecular formula is C7H8Cl2. The fourth-order valence-electron chi connectivity index (χ4n) is 1.68. The average molecular weight is 163 g/mol. The van der Waals surface area contributed by atoms with Crippen LogP contribution in [0.2, 0.25) is 0 Å². The molecule has 0 unspecified atom stereocenters. The van der Waals surface area contributed by atoms with Crippen LogP contribution < -0.4 is 0 Å². The minimum absolute atomic E-state index is 0.204. The van der Waals surface area contributed by atoms with Gasteiger partial charge in [-0.15, -0.1) is 23.2 Å². The largest absolute Gasteiger partial charge is 0.121 e. The van der Waals surface area contributed by atoms with Crippen molar-refractivity contribution in [1.29, 1.82) is 0 Å². The number of fused-ring (bicyclic) bond motifs is 1. The zero-order chi connectivity index (χ0) is 6.43. The highest BCUT2D eigenvalue weighted by atomic mass is 35.5. The van der Waals surface area contributed by atoms with Crippen LogP contribution in [0.25, 0.3) is 0 Å². The number of rotatable bonds is 0. The van der Waals surface area contributed by atoms with Crippen LogP contribution >= 0.6 is 23.2 Å². The molecule has 2 rings (SSSR count). The summed E-state index contributed by atoms with van der Waals surface area (Å²) in [6.07, 6.45) is 5.52. The Labute approximate surface area is 64.8 Å². The molecule has 0 amide bonds. The number of hydrogen-bond acceptors (Lipinski definition) is 0. The van der Waals surface area contributed by atoms with Crippen LogP contribution in [-0.4, -0.2) is 10.8 Å². The molecule has 4 atom stereocenters. The van der Waals surface area contributed by atoms with Crippen molar-refractivity contribution >= 4 is 23.2 Å². The first-order chi connectivity index (χ1) is 4.30. The summed E-state index contributed by atoms with van der Waals surface area (Å²) in [5.74, 6) is 1.25. The smallest absolute Gasteiger partial charge is 0.0568 e. The maximum Gasteiger partial charge on any atom is 0.0568 e. The van der Waals surface area contributed by atoms with Crippen LogP contribution in [-0.2, 0) is 0 Å². The van der Waals surface area contributed by atoms with E-state index >= 15 is 0 Å². The molecule has 0 saturated heterocycles. The van der Waals surface area contributed by atoms with E-state index in [0.29, 0.717) is 11.8 Å². The van der Waals surface area contributed by atoms with Crippen molar-refractivity contribution < 1.29 is 0 Å². The lowest BCUT2D eigenvalue weighted by molar-refractivity contribution is 0.266. The van der Waals surface area contributed by atoms with Crippen molar-refractivity contribution in [2.24, 2.45) is 11.8 Å². The molecule has 0 nitrogen and oxygen atoms in total. The van der Waals surface area contributed by atoms with E-state index in [0.717, 1.165) is 6.42 Å². The summed E-state index contributed by atoms with van der Waals surface area (Å²) in [6.45, 7) is 0. The summed E-state index contributed by atoms with van der Waals surface area (Å²) < 4.78 is 0. The van der Waals surface area contributed by atoms with E-state index in [-0.39, 0.29) is 10.8 Å². The molecule has 0 aromatic carbocycles. The molecule has 0 bridgehead atoms. The maximum absolute atomic E-state index is 5.93. The van der Waals surface area contributed by atoms with Gasteiger partial charge in [0.05, 0.1) is 10.8 Å². The topological polar surface area (TPSA) is 0 Å². The van der Waals surface area contributed by atoms with Gasteiger partial charge in [-0.2, -0.15) is 0 Å². The Morgan fingerprint density at radius 1 is 1.22 bits per heavy atom. The van der Waals surface area contributed by atoms with E-state index in [2.05, 4.69) is 12.2 Å². The minimum atomic E-state index is 0.204. The number of halogens is 2. The summed E-state index contributed by atoms with van der Waals surface area (Å²) in [5.41, 5.74) is 0. The summed E-state index contributed by atoms with van der Waals surface area (Å²) in [6, 6.07) is 0. The fraction of sp³-hybridized carbons (Fsp3) is 0.714. The lowest BCUT2D eigenvalue weighted by atomic mass is 9.75. The van der Waals surface area contributed by atoms with Gasteiger partial charge in [0.25, 0.3) is 0 Å². The van der Waals surface area contributed by atoms with Gasteiger partial charge in [0, 0.05) is 0 Å². The molecule has 1 fully saturated rings. The van der Waals surface area contributed by atoms with E-state index in [9.17, 15) is 0 Å². The average Bonchev–Trinajstić information content (AvgIpc) is 2.30. The first kappa shape index (κ1) is 6.06. The monoisotopic (exact) mass is 162 g/mol. The predicted molar refractivity (Wildman–Crippen MR) is 40.0 cm³/mol. The van der Waals surface area contributed by atoms with Crippen LogP contribution in [0.5, 0.6) is 0 Å². The summed E-state index contributed by atoms with van der Waals surface area (Å²) in [4.78, 5) is 0. The highest BCUT2D eigenvalue weighted by Crippen LogP contribution is 2.48. The third-order valence-corrected chi connectivity index (χ3v) is 3.63. The molecule has 2 aliphatic carbocycles. The van der Waals surface area contributed by atoms with E-state index in [1.165, 1.54) is 0 Å². The van der Waals surface area contributed by atoms with Gasteiger partial charge in [-0.05, 0) is 18.3 Å². The normalized spacial score (nSPS) is 54.9. The second kappa shape index (κ2) is 1.90. The lowest BCUT2D eigenvalue weighted by Crippen LogP contribution is -2.46. The van der Waals surface area contributed by atoms with E-state index in [4.69, 9.17) is 23.2 Å². The number of allylic oxidation sites excluding steroid dienone is 2. The van der Waals surface area contributed by atoms with Crippen molar-refractivity contribution in [2.45, 2.75) is 17.2 Å². The van der Waals surface area contributed by atoms with Gasteiger partial charge in [0.1, 0.15) is 0 Å². The Kier molecular flexibility index (Phi) is 1.28. The lowest BCUT2D eigenvalue weighted by Gasteiger charge is -2.41. The molecule has 0 aromatic heterocycles. The Morgan fingerprint density at radius 2 is 2.00 bits per heavy atom. The first-order valence-electron chi connectivity index (χ1n) is 3.25. The van der Waals surface area contributed by atoms with Gasteiger partial charge in [-0.3, -0.25) is 0 Å².